The Bertz CT molecular complexity index is 250. The standard InChI is InChI=1S/C12H23N2O2/c1-11(2,3)13-7-8-14(12(4,5)6)9(13)10(15)16/h7-10,15H,1-6H3/q-1/p+1. The second-order valence-corrected chi connectivity index (χ2v) is 6.43. The van der Waals surface area contributed by atoms with Gasteiger partial charge in [0.1, 0.15) is 6.20 Å². The Kier molecular flexibility index (Phi) is 3.39. The van der Waals surface area contributed by atoms with Crippen LogP contribution in [0.15, 0.2) is 12.4 Å². The average molecular weight is 228 g/mol. The smallest absolute Gasteiger partial charge is 0.179 e. The third kappa shape index (κ3) is 2.56. The zero-order valence-electron chi connectivity index (χ0n) is 11.1. The SMILES string of the molecule is CC(C)(C)N1C=C[NH+](C(C)(C)C)C1C([O-])O. The lowest BCUT2D eigenvalue weighted by atomic mass is 10.0. The van der Waals surface area contributed by atoms with Crippen LogP contribution in [-0.2, 0) is 0 Å². The fraction of sp³-hybridized carbons (Fsp3) is 0.833. The van der Waals surface area contributed by atoms with E-state index in [4.69, 9.17) is 0 Å². The molecule has 0 aromatic rings. The molecule has 1 rings (SSSR count). The molecule has 0 fully saturated rings. The predicted molar refractivity (Wildman–Crippen MR) is 61.2 cm³/mol. The van der Waals surface area contributed by atoms with Crippen molar-refractivity contribution in [1.82, 2.24) is 4.90 Å². The summed E-state index contributed by atoms with van der Waals surface area (Å²) in [6.45, 7) is 12.3. The summed E-state index contributed by atoms with van der Waals surface area (Å²) >= 11 is 0. The number of hydrogen-bond donors (Lipinski definition) is 2. The van der Waals surface area contributed by atoms with E-state index in [1.165, 1.54) is 0 Å². The second-order valence-electron chi connectivity index (χ2n) is 6.43. The van der Waals surface area contributed by atoms with Gasteiger partial charge in [-0.25, -0.2) is 0 Å². The van der Waals surface area contributed by atoms with Crippen LogP contribution in [0.1, 0.15) is 41.5 Å². The molecule has 94 valence electrons. The maximum Gasteiger partial charge on any atom is 0.179 e. The van der Waals surface area contributed by atoms with Gasteiger partial charge in [-0.1, -0.05) is 0 Å². The largest absolute Gasteiger partial charge is 0.825 e. The average Bonchev–Trinajstić information content (AvgIpc) is 2.43. The third-order valence-electron chi connectivity index (χ3n) is 2.94. The van der Waals surface area contributed by atoms with Crippen molar-refractivity contribution in [3.05, 3.63) is 12.4 Å². The van der Waals surface area contributed by atoms with Crippen LogP contribution in [-0.4, -0.2) is 33.5 Å². The Morgan fingerprint density at radius 2 is 1.75 bits per heavy atom. The Morgan fingerprint density at radius 3 is 2.06 bits per heavy atom. The minimum Gasteiger partial charge on any atom is -0.825 e. The lowest BCUT2D eigenvalue weighted by Gasteiger charge is -2.44. The molecule has 0 saturated heterocycles. The molecule has 0 radical (unpaired) electrons. The molecule has 0 aromatic carbocycles. The van der Waals surface area contributed by atoms with Gasteiger partial charge in [0, 0.05) is 5.54 Å². The van der Waals surface area contributed by atoms with Crippen LogP contribution < -0.4 is 10.0 Å². The first-order valence-corrected chi connectivity index (χ1v) is 5.73. The molecule has 4 nitrogen and oxygen atoms in total. The summed E-state index contributed by atoms with van der Waals surface area (Å²) in [7, 11) is 0. The molecule has 1 heterocycles. The number of nitrogens with zero attached hydrogens (tertiary/aromatic N) is 1. The van der Waals surface area contributed by atoms with E-state index in [0.717, 1.165) is 4.90 Å². The summed E-state index contributed by atoms with van der Waals surface area (Å²) in [6, 6.07) is 0. The highest BCUT2D eigenvalue weighted by Gasteiger charge is 2.43. The molecular weight excluding hydrogens is 204 g/mol. The van der Waals surface area contributed by atoms with E-state index < -0.39 is 12.5 Å². The van der Waals surface area contributed by atoms with Crippen LogP contribution >= 0.6 is 0 Å². The maximum absolute atomic E-state index is 11.5. The van der Waals surface area contributed by atoms with E-state index in [2.05, 4.69) is 20.8 Å². The minimum absolute atomic E-state index is 0.0907. The van der Waals surface area contributed by atoms with Crippen LogP contribution in [0, 0.1) is 0 Å². The van der Waals surface area contributed by atoms with Crippen LogP contribution in [0.25, 0.3) is 0 Å². The topological polar surface area (TPSA) is 51.0 Å². The molecular formula is C12H24N2O2. The summed E-state index contributed by atoms with van der Waals surface area (Å²) in [6.07, 6.45) is 1.85. The number of hydrogen-bond acceptors (Lipinski definition) is 3. The first-order valence-electron chi connectivity index (χ1n) is 5.73. The van der Waals surface area contributed by atoms with Gasteiger partial charge in [-0.05, 0) is 41.5 Å². The van der Waals surface area contributed by atoms with Crippen molar-refractivity contribution in [1.29, 1.82) is 0 Å². The van der Waals surface area contributed by atoms with Crippen molar-refractivity contribution in [2.24, 2.45) is 0 Å². The van der Waals surface area contributed by atoms with Crippen LogP contribution in [0.3, 0.4) is 0 Å². The number of rotatable bonds is 1. The quantitative estimate of drug-likeness (QED) is 0.581. The van der Waals surface area contributed by atoms with Crippen molar-refractivity contribution in [3.63, 3.8) is 0 Å². The van der Waals surface area contributed by atoms with Crippen LogP contribution in [0.5, 0.6) is 0 Å². The van der Waals surface area contributed by atoms with E-state index in [1.54, 1.807) is 0 Å². The van der Waals surface area contributed by atoms with Crippen molar-refractivity contribution in [2.75, 3.05) is 0 Å². The number of nitrogens with one attached hydrogen (secondary N) is 1. The molecule has 0 aliphatic carbocycles. The molecule has 0 aromatic heterocycles. The summed E-state index contributed by atoms with van der Waals surface area (Å²) < 4.78 is 0. The highest BCUT2D eigenvalue weighted by atomic mass is 16.5. The van der Waals surface area contributed by atoms with Crippen molar-refractivity contribution in [3.8, 4) is 0 Å². The lowest BCUT2D eigenvalue weighted by molar-refractivity contribution is -0.941. The van der Waals surface area contributed by atoms with E-state index in [-0.39, 0.29) is 11.1 Å². The lowest BCUT2D eigenvalue weighted by Crippen LogP contribution is -3.20. The Balaban J connectivity index is 2.99. The molecule has 16 heavy (non-hydrogen) atoms. The zero-order chi connectivity index (χ0) is 12.7. The highest BCUT2D eigenvalue weighted by Crippen LogP contribution is 2.19. The number of aliphatic hydroxyl groups excluding tert-OH is 1. The van der Waals surface area contributed by atoms with Crippen LogP contribution in [0.2, 0.25) is 0 Å². The summed E-state index contributed by atoms with van der Waals surface area (Å²) in [5.74, 6) is 0. The second kappa shape index (κ2) is 4.02. The van der Waals surface area contributed by atoms with E-state index >= 15 is 0 Å². The molecule has 2 N–H and O–H groups in total. The van der Waals surface area contributed by atoms with Gasteiger partial charge in [0.15, 0.2) is 6.17 Å². The summed E-state index contributed by atoms with van der Waals surface area (Å²) in [4.78, 5) is 2.95. The molecule has 3 unspecified atom stereocenters. The Hall–Kier alpha value is -0.580. The predicted octanol–water partition coefficient (Wildman–Crippen LogP) is -0.740. The van der Waals surface area contributed by atoms with Gasteiger partial charge in [0.05, 0.1) is 18.0 Å². The van der Waals surface area contributed by atoms with E-state index in [9.17, 15) is 10.2 Å². The van der Waals surface area contributed by atoms with Crippen LogP contribution in [0.4, 0.5) is 0 Å². The molecule has 1 aliphatic rings. The van der Waals surface area contributed by atoms with Gasteiger partial charge in [0.2, 0.25) is 0 Å². The van der Waals surface area contributed by atoms with Crippen molar-refractivity contribution >= 4 is 0 Å². The molecule has 1 aliphatic heterocycles. The van der Waals surface area contributed by atoms with Gasteiger partial charge in [-0.15, -0.1) is 0 Å². The molecule has 0 spiro atoms. The van der Waals surface area contributed by atoms with Crippen molar-refractivity contribution in [2.45, 2.75) is 65.1 Å². The minimum atomic E-state index is -1.59. The third-order valence-corrected chi connectivity index (χ3v) is 2.94. The Morgan fingerprint density at radius 1 is 1.25 bits per heavy atom. The van der Waals surface area contributed by atoms with E-state index in [1.807, 2.05) is 38.1 Å². The molecule has 4 heteroatoms. The monoisotopic (exact) mass is 228 g/mol. The van der Waals surface area contributed by atoms with E-state index in [0.29, 0.717) is 0 Å². The number of quaternary nitrogens is 1. The summed E-state index contributed by atoms with van der Waals surface area (Å²) in [5.41, 5.74) is -0.244. The molecule has 0 bridgehead atoms. The normalized spacial score (nSPS) is 28.6. The molecule has 0 saturated carbocycles. The van der Waals surface area contributed by atoms with Crippen molar-refractivity contribution < 1.29 is 15.1 Å². The highest BCUT2D eigenvalue weighted by molar-refractivity contribution is 4.94. The van der Waals surface area contributed by atoms with Gasteiger partial charge in [-0.3, -0.25) is 4.90 Å². The maximum atomic E-state index is 11.5. The van der Waals surface area contributed by atoms with Gasteiger partial charge >= 0.3 is 0 Å². The first kappa shape index (κ1) is 13.5. The Labute approximate surface area is 98.2 Å². The first-order chi connectivity index (χ1) is 7.05. The molecule has 0 amide bonds. The summed E-state index contributed by atoms with van der Waals surface area (Å²) in [5, 5.41) is 21.0. The van der Waals surface area contributed by atoms with Gasteiger partial charge < -0.3 is 15.1 Å². The van der Waals surface area contributed by atoms with Gasteiger partial charge in [0.25, 0.3) is 0 Å². The molecule has 3 atom stereocenters. The zero-order valence-corrected chi connectivity index (χ0v) is 11.1. The van der Waals surface area contributed by atoms with Gasteiger partial charge in [-0.2, -0.15) is 0 Å². The fourth-order valence-electron chi connectivity index (χ4n) is 2.13. The number of aliphatic hydroxyl groups is 1. The fourth-order valence-corrected chi connectivity index (χ4v) is 2.13.